The summed E-state index contributed by atoms with van der Waals surface area (Å²) >= 11 is 0. The highest BCUT2D eigenvalue weighted by Crippen LogP contribution is 2.23. The number of hydrogen-bond acceptors (Lipinski definition) is 5. The quantitative estimate of drug-likeness (QED) is 0.220. The summed E-state index contributed by atoms with van der Waals surface area (Å²) < 4.78 is 0. The first-order valence-corrected chi connectivity index (χ1v) is 9.01. The van der Waals surface area contributed by atoms with E-state index in [4.69, 9.17) is 0 Å². The topological polar surface area (TPSA) is 111 Å². The van der Waals surface area contributed by atoms with Gasteiger partial charge in [-0.25, -0.2) is 5.43 Å². The molecule has 7 heteroatoms. The minimum absolute atomic E-state index is 0.0146. The third-order valence-corrected chi connectivity index (χ3v) is 4.02. The van der Waals surface area contributed by atoms with Crippen LogP contribution in [0.2, 0.25) is 0 Å². The van der Waals surface area contributed by atoms with Crippen LogP contribution in [0.5, 0.6) is 11.5 Å². The van der Waals surface area contributed by atoms with Crippen LogP contribution in [0.1, 0.15) is 21.5 Å². The molecule has 7 nitrogen and oxygen atoms in total. The molecule has 0 fully saturated rings. The van der Waals surface area contributed by atoms with Gasteiger partial charge >= 0.3 is 0 Å². The molecule has 0 aliphatic carbocycles. The van der Waals surface area contributed by atoms with Gasteiger partial charge in [0, 0.05) is 5.56 Å². The molecule has 0 saturated heterocycles. The van der Waals surface area contributed by atoms with E-state index in [1.807, 2.05) is 18.2 Å². The molecule has 30 heavy (non-hydrogen) atoms. The molecular formula is C23H19N3O4. The van der Waals surface area contributed by atoms with E-state index in [2.05, 4.69) is 15.8 Å². The molecule has 0 spiro atoms. The second-order valence-electron chi connectivity index (χ2n) is 6.24. The Bertz CT molecular complexity index is 1090. The fraction of sp³-hybridized carbons (Fsp3) is 0. The molecule has 0 unspecified atom stereocenters. The van der Waals surface area contributed by atoms with Crippen molar-refractivity contribution in [2.45, 2.75) is 0 Å². The van der Waals surface area contributed by atoms with Crippen molar-refractivity contribution < 1.29 is 19.8 Å². The van der Waals surface area contributed by atoms with Crippen LogP contribution >= 0.6 is 0 Å². The average molecular weight is 401 g/mol. The number of nitrogens with one attached hydrogen (secondary N) is 2. The maximum absolute atomic E-state index is 12.6. The molecule has 4 N–H and O–H groups in total. The molecule has 3 aromatic rings. The standard InChI is InChI=1S/C23H19N3O4/c27-20-12-11-17(14-21(20)28)15-24-26-23(30)19(13-16-7-3-1-4-8-16)25-22(29)18-9-5-2-6-10-18/h1-15,27-28H,(H,25,29)(H,26,30). The summed E-state index contributed by atoms with van der Waals surface area (Å²) in [4.78, 5) is 25.1. The summed E-state index contributed by atoms with van der Waals surface area (Å²) in [5.41, 5.74) is 3.96. The largest absolute Gasteiger partial charge is 0.504 e. The zero-order valence-electron chi connectivity index (χ0n) is 15.8. The Kier molecular flexibility index (Phi) is 6.58. The van der Waals surface area contributed by atoms with Crippen molar-refractivity contribution in [1.29, 1.82) is 0 Å². The minimum Gasteiger partial charge on any atom is -0.504 e. The lowest BCUT2D eigenvalue weighted by molar-refractivity contribution is -0.117. The predicted octanol–water partition coefficient (Wildman–Crippen LogP) is 3.02. The Morgan fingerprint density at radius 1 is 0.800 bits per heavy atom. The van der Waals surface area contributed by atoms with Gasteiger partial charge in [-0.3, -0.25) is 9.59 Å². The fourth-order valence-corrected chi connectivity index (χ4v) is 2.50. The molecule has 0 saturated carbocycles. The number of phenols is 2. The SMILES string of the molecule is O=C(NN=Cc1ccc(O)c(O)c1)C(=Cc1ccccc1)NC(=O)c1ccccc1. The van der Waals surface area contributed by atoms with E-state index in [0.717, 1.165) is 5.56 Å². The van der Waals surface area contributed by atoms with Crippen LogP contribution < -0.4 is 10.7 Å². The van der Waals surface area contributed by atoms with Gasteiger partial charge in [-0.05, 0) is 47.5 Å². The van der Waals surface area contributed by atoms with E-state index in [0.29, 0.717) is 11.1 Å². The first kappa shape index (κ1) is 20.3. The number of aromatic hydroxyl groups is 2. The molecule has 0 bridgehead atoms. The van der Waals surface area contributed by atoms with Crippen LogP contribution in [0, 0.1) is 0 Å². The van der Waals surface area contributed by atoms with Crippen LogP contribution in [0.25, 0.3) is 6.08 Å². The number of carbonyl (C=O) groups excluding carboxylic acids is 2. The Balaban J connectivity index is 1.77. The fourth-order valence-electron chi connectivity index (χ4n) is 2.50. The monoisotopic (exact) mass is 401 g/mol. The number of carbonyl (C=O) groups is 2. The Hall–Kier alpha value is -4.39. The van der Waals surface area contributed by atoms with Crippen molar-refractivity contribution in [3.8, 4) is 11.5 Å². The first-order chi connectivity index (χ1) is 14.5. The van der Waals surface area contributed by atoms with Gasteiger partial charge in [0.1, 0.15) is 5.70 Å². The highest BCUT2D eigenvalue weighted by molar-refractivity contribution is 6.05. The lowest BCUT2D eigenvalue weighted by Gasteiger charge is -2.09. The van der Waals surface area contributed by atoms with Gasteiger partial charge in [0.2, 0.25) is 0 Å². The van der Waals surface area contributed by atoms with Crippen molar-refractivity contribution in [3.05, 3.63) is 101 Å². The van der Waals surface area contributed by atoms with Gasteiger partial charge in [-0.1, -0.05) is 48.5 Å². The Labute approximate surface area is 173 Å². The molecule has 0 aliphatic rings. The second kappa shape index (κ2) is 9.70. The van der Waals surface area contributed by atoms with Crippen LogP contribution in [0.4, 0.5) is 0 Å². The van der Waals surface area contributed by atoms with Gasteiger partial charge in [0.05, 0.1) is 6.21 Å². The molecule has 0 radical (unpaired) electrons. The zero-order valence-corrected chi connectivity index (χ0v) is 15.8. The maximum atomic E-state index is 12.6. The van der Waals surface area contributed by atoms with Gasteiger partial charge < -0.3 is 15.5 Å². The first-order valence-electron chi connectivity index (χ1n) is 9.01. The van der Waals surface area contributed by atoms with E-state index >= 15 is 0 Å². The van der Waals surface area contributed by atoms with E-state index in [1.165, 1.54) is 30.5 Å². The Morgan fingerprint density at radius 3 is 2.13 bits per heavy atom. The van der Waals surface area contributed by atoms with Gasteiger partial charge in [0.15, 0.2) is 11.5 Å². The highest BCUT2D eigenvalue weighted by Gasteiger charge is 2.14. The molecule has 3 aromatic carbocycles. The van der Waals surface area contributed by atoms with Gasteiger partial charge in [0.25, 0.3) is 11.8 Å². The lowest BCUT2D eigenvalue weighted by atomic mass is 10.1. The summed E-state index contributed by atoms with van der Waals surface area (Å²) in [5, 5.41) is 25.3. The third-order valence-electron chi connectivity index (χ3n) is 4.02. The number of hydrazone groups is 1. The summed E-state index contributed by atoms with van der Waals surface area (Å²) in [7, 11) is 0. The zero-order chi connectivity index (χ0) is 21.3. The second-order valence-corrected chi connectivity index (χ2v) is 6.24. The van der Waals surface area contributed by atoms with Crippen molar-refractivity contribution in [3.63, 3.8) is 0 Å². The van der Waals surface area contributed by atoms with Crippen LogP contribution in [-0.4, -0.2) is 28.2 Å². The number of nitrogens with zero attached hydrogens (tertiary/aromatic N) is 1. The summed E-state index contributed by atoms with van der Waals surface area (Å²) in [5.74, 6) is -1.61. The number of phenolic OH excluding ortho intramolecular Hbond substituents is 2. The molecule has 150 valence electrons. The molecule has 0 atom stereocenters. The summed E-state index contributed by atoms with van der Waals surface area (Å²) in [6.45, 7) is 0. The van der Waals surface area contributed by atoms with Crippen molar-refractivity contribution in [2.75, 3.05) is 0 Å². The smallest absolute Gasteiger partial charge is 0.287 e. The number of benzene rings is 3. The van der Waals surface area contributed by atoms with Crippen molar-refractivity contribution >= 4 is 24.1 Å². The molecule has 0 aliphatic heterocycles. The molecule has 0 heterocycles. The lowest BCUT2D eigenvalue weighted by Crippen LogP contribution is -2.32. The summed E-state index contributed by atoms with van der Waals surface area (Å²) in [6.07, 6.45) is 2.84. The van der Waals surface area contributed by atoms with E-state index in [1.54, 1.807) is 42.5 Å². The van der Waals surface area contributed by atoms with E-state index in [-0.39, 0.29) is 17.2 Å². The maximum Gasteiger partial charge on any atom is 0.287 e. The van der Waals surface area contributed by atoms with Crippen LogP contribution in [0.15, 0.2) is 89.7 Å². The van der Waals surface area contributed by atoms with Crippen molar-refractivity contribution in [2.24, 2.45) is 5.10 Å². The normalized spacial score (nSPS) is 11.3. The number of amides is 2. The van der Waals surface area contributed by atoms with Gasteiger partial charge in [-0.2, -0.15) is 5.10 Å². The van der Waals surface area contributed by atoms with Crippen LogP contribution in [0.3, 0.4) is 0 Å². The molecular weight excluding hydrogens is 382 g/mol. The minimum atomic E-state index is -0.623. The average Bonchev–Trinajstić information content (AvgIpc) is 2.77. The van der Waals surface area contributed by atoms with Crippen molar-refractivity contribution in [1.82, 2.24) is 10.7 Å². The molecule has 3 rings (SSSR count). The van der Waals surface area contributed by atoms with Gasteiger partial charge in [-0.15, -0.1) is 0 Å². The summed E-state index contributed by atoms with van der Waals surface area (Å²) in [6, 6.07) is 21.7. The predicted molar refractivity (Wildman–Crippen MR) is 114 cm³/mol. The Morgan fingerprint density at radius 2 is 1.47 bits per heavy atom. The highest BCUT2D eigenvalue weighted by atomic mass is 16.3. The van der Waals surface area contributed by atoms with Crippen LogP contribution in [-0.2, 0) is 4.79 Å². The molecule has 2 amide bonds. The van der Waals surface area contributed by atoms with E-state index < -0.39 is 11.8 Å². The van der Waals surface area contributed by atoms with E-state index in [9.17, 15) is 19.8 Å². The number of hydrogen-bond donors (Lipinski definition) is 4. The number of rotatable bonds is 6. The molecule has 0 aromatic heterocycles. The third kappa shape index (κ3) is 5.56.